The summed E-state index contributed by atoms with van der Waals surface area (Å²) in [6, 6.07) is 33.7. The van der Waals surface area contributed by atoms with Gasteiger partial charge in [0.15, 0.2) is 0 Å². The van der Waals surface area contributed by atoms with Crippen LogP contribution in [0.15, 0.2) is 91.0 Å². The molecule has 0 radical (unpaired) electrons. The van der Waals surface area contributed by atoms with Gasteiger partial charge in [-0.25, -0.2) is 0 Å². The normalized spacial score (nSPS) is 14.5. The van der Waals surface area contributed by atoms with Crippen LogP contribution in [0, 0.1) is 0 Å². The number of hydrogen-bond acceptors (Lipinski definition) is 1. The van der Waals surface area contributed by atoms with E-state index in [0.717, 1.165) is 5.69 Å². The van der Waals surface area contributed by atoms with Crippen LogP contribution in [0.2, 0.25) is 0 Å². The summed E-state index contributed by atoms with van der Waals surface area (Å²) in [6.45, 7) is 13.6. The van der Waals surface area contributed by atoms with Crippen molar-refractivity contribution in [2.24, 2.45) is 0 Å². The third-order valence-electron chi connectivity index (χ3n) is 7.44. The van der Waals surface area contributed by atoms with Crippen molar-refractivity contribution in [1.29, 1.82) is 0 Å². The molecule has 0 bridgehead atoms. The quantitative estimate of drug-likeness (QED) is 0.272. The smallest absolute Gasteiger partial charge is 0.0714 e. The topological polar surface area (TPSA) is 26.0 Å². The van der Waals surface area contributed by atoms with Gasteiger partial charge in [-0.2, -0.15) is 0 Å². The molecule has 1 nitrogen and oxygen atoms in total. The fourth-order valence-corrected chi connectivity index (χ4v) is 5.53. The summed E-state index contributed by atoms with van der Waals surface area (Å²) in [5, 5.41) is 0. The van der Waals surface area contributed by atoms with Gasteiger partial charge in [-0.05, 0) is 67.5 Å². The van der Waals surface area contributed by atoms with E-state index in [4.69, 9.17) is 5.73 Å². The maximum Gasteiger partial charge on any atom is 0.0714 e. The molecule has 5 rings (SSSR count). The van der Waals surface area contributed by atoms with Gasteiger partial charge in [0.05, 0.1) is 5.41 Å². The van der Waals surface area contributed by atoms with E-state index in [9.17, 15) is 0 Å². The van der Waals surface area contributed by atoms with Crippen LogP contribution >= 0.6 is 0 Å². The van der Waals surface area contributed by atoms with E-state index in [-0.39, 0.29) is 10.8 Å². The lowest BCUT2D eigenvalue weighted by Gasteiger charge is -2.35. The van der Waals surface area contributed by atoms with Gasteiger partial charge >= 0.3 is 0 Å². The molecule has 34 heavy (non-hydrogen) atoms. The Morgan fingerprint density at radius 1 is 0.529 bits per heavy atom. The zero-order valence-electron chi connectivity index (χ0n) is 21.2. The van der Waals surface area contributed by atoms with Gasteiger partial charge < -0.3 is 5.73 Å². The van der Waals surface area contributed by atoms with Crippen LogP contribution < -0.4 is 5.73 Å². The number of hydrogen-bond donors (Lipinski definition) is 1. The second-order valence-electron chi connectivity index (χ2n) is 11.8. The summed E-state index contributed by atoms with van der Waals surface area (Å²) in [6.07, 6.45) is 0. The zero-order valence-corrected chi connectivity index (χ0v) is 21.2. The van der Waals surface area contributed by atoms with E-state index in [2.05, 4.69) is 126 Å². The van der Waals surface area contributed by atoms with Crippen molar-refractivity contribution in [2.75, 3.05) is 5.73 Å². The largest absolute Gasteiger partial charge is 0.399 e. The van der Waals surface area contributed by atoms with Gasteiger partial charge in [-0.3, -0.25) is 0 Å². The Balaban J connectivity index is 1.85. The van der Waals surface area contributed by atoms with Crippen molar-refractivity contribution in [3.05, 3.63) is 124 Å². The molecule has 0 heterocycles. The summed E-state index contributed by atoms with van der Waals surface area (Å²) in [5.74, 6) is 0. The molecule has 1 heteroatoms. The molecule has 0 saturated carbocycles. The number of rotatable bonds is 2. The van der Waals surface area contributed by atoms with Crippen molar-refractivity contribution in [3.63, 3.8) is 0 Å². The van der Waals surface area contributed by atoms with Gasteiger partial charge in [-0.15, -0.1) is 0 Å². The molecule has 0 aromatic heterocycles. The number of nitrogens with two attached hydrogens (primary N) is 1. The first-order valence-corrected chi connectivity index (χ1v) is 12.2. The van der Waals surface area contributed by atoms with Crippen LogP contribution in [-0.4, -0.2) is 0 Å². The molecule has 4 aromatic rings. The highest BCUT2D eigenvalue weighted by Crippen LogP contribution is 2.56. The Morgan fingerprint density at radius 2 is 1.00 bits per heavy atom. The SMILES string of the molecule is CC(C)(C)c1ccc(C2(c3ccc(C(C)(C)C)cc3)c3ccccc3-c3ccc(N)cc32)cc1. The minimum absolute atomic E-state index is 0.107. The highest BCUT2D eigenvalue weighted by atomic mass is 14.6. The summed E-state index contributed by atoms with van der Waals surface area (Å²) in [7, 11) is 0. The number of anilines is 1. The average Bonchev–Trinajstić information content (AvgIpc) is 3.08. The molecular formula is C33H35N. The van der Waals surface area contributed by atoms with Gasteiger partial charge in [-0.1, -0.05) is 120 Å². The molecule has 172 valence electrons. The maximum atomic E-state index is 6.41. The molecule has 0 unspecified atom stereocenters. The highest BCUT2D eigenvalue weighted by Gasteiger charge is 2.46. The molecule has 0 fully saturated rings. The summed E-state index contributed by atoms with van der Waals surface area (Å²) in [5.41, 5.74) is 17.4. The Bertz CT molecular complexity index is 1290. The lowest BCUT2D eigenvalue weighted by atomic mass is 9.67. The van der Waals surface area contributed by atoms with E-state index < -0.39 is 5.41 Å². The van der Waals surface area contributed by atoms with Crippen LogP contribution in [0.4, 0.5) is 5.69 Å². The molecule has 0 spiro atoms. The minimum Gasteiger partial charge on any atom is -0.399 e. The van der Waals surface area contributed by atoms with E-state index in [1.165, 1.54) is 44.5 Å². The van der Waals surface area contributed by atoms with Crippen molar-refractivity contribution in [3.8, 4) is 11.1 Å². The van der Waals surface area contributed by atoms with Crippen LogP contribution in [0.25, 0.3) is 11.1 Å². The molecule has 0 amide bonds. The zero-order chi connectivity index (χ0) is 24.3. The molecule has 0 saturated heterocycles. The Kier molecular flexibility index (Phi) is 5.02. The van der Waals surface area contributed by atoms with Gasteiger partial charge in [0, 0.05) is 5.69 Å². The third-order valence-corrected chi connectivity index (χ3v) is 7.44. The Hall–Kier alpha value is -3.32. The summed E-state index contributed by atoms with van der Waals surface area (Å²) < 4.78 is 0. The summed E-state index contributed by atoms with van der Waals surface area (Å²) >= 11 is 0. The number of nitrogen functional groups attached to an aromatic ring is 1. The molecule has 4 aromatic carbocycles. The second kappa shape index (κ2) is 7.60. The highest BCUT2D eigenvalue weighted by molar-refractivity contribution is 5.87. The molecule has 2 N–H and O–H groups in total. The van der Waals surface area contributed by atoms with Crippen molar-refractivity contribution in [2.45, 2.75) is 57.8 Å². The summed E-state index contributed by atoms with van der Waals surface area (Å²) in [4.78, 5) is 0. The van der Waals surface area contributed by atoms with Gasteiger partial charge in [0.2, 0.25) is 0 Å². The average molecular weight is 446 g/mol. The van der Waals surface area contributed by atoms with Gasteiger partial charge in [0.25, 0.3) is 0 Å². The van der Waals surface area contributed by atoms with Crippen LogP contribution in [0.3, 0.4) is 0 Å². The van der Waals surface area contributed by atoms with Crippen molar-refractivity contribution in [1.82, 2.24) is 0 Å². The van der Waals surface area contributed by atoms with E-state index in [1.807, 2.05) is 6.07 Å². The van der Waals surface area contributed by atoms with Crippen LogP contribution in [-0.2, 0) is 16.2 Å². The number of fused-ring (bicyclic) bond motifs is 3. The minimum atomic E-state index is -0.409. The Morgan fingerprint density at radius 3 is 1.50 bits per heavy atom. The first-order valence-electron chi connectivity index (χ1n) is 12.2. The standard InChI is InChI=1S/C33H35N/c1-31(2,3)22-11-15-24(16-12-22)33(25-17-13-23(14-18-25)32(4,5)6)29-10-8-7-9-27(29)28-20-19-26(34)21-30(28)33/h7-21H,34H2,1-6H3. The predicted octanol–water partition coefficient (Wildman–Crippen LogP) is 8.23. The van der Waals surface area contributed by atoms with E-state index in [0.29, 0.717) is 0 Å². The van der Waals surface area contributed by atoms with Crippen LogP contribution in [0.1, 0.15) is 74.9 Å². The second-order valence-corrected chi connectivity index (χ2v) is 11.8. The van der Waals surface area contributed by atoms with E-state index in [1.54, 1.807) is 0 Å². The first-order chi connectivity index (χ1) is 16.0. The lowest BCUT2D eigenvalue weighted by molar-refractivity contribution is 0.588. The maximum absolute atomic E-state index is 6.41. The third kappa shape index (κ3) is 3.38. The van der Waals surface area contributed by atoms with Gasteiger partial charge in [0.1, 0.15) is 0 Å². The van der Waals surface area contributed by atoms with Crippen molar-refractivity contribution < 1.29 is 0 Å². The molecular weight excluding hydrogens is 410 g/mol. The van der Waals surface area contributed by atoms with Crippen LogP contribution in [0.5, 0.6) is 0 Å². The monoisotopic (exact) mass is 445 g/mol. The fourth-order valence-electron chi connectivity index (χ4n) is 5.53. The lowest BCUT2D eigenvalue weighted by Crippen LogP contribution is -2.29. The molecule has 1 aliphatic rings. The first kappa shape index (κ1) is 22.5. The molecule has 1 aliphatic carbocycles. The number of benzene rings is 4. The molecule has 0 aliphatic heterocycles. The molecule has 0 atom stereocenters. The Labute approximate surface area is 204 Å². The fraction of sp³-hybridized carbons (Fsp3) is 0.273. The predicted molar refractivity (Wildman–Crippen MR) is 146 cm³/mol. The van der Waals surface area contributed by atoms with E-state index >= 15 is 0 Å². The van der Waals surface area contributed by atoms with Crippen molar-refractivity contribution >= 4 is 5.69 Å².